The molecule has 0 atom stereocenters. The number of carbonyl (C=O) groups excluding carboxylic acids is 1. The molecule has 0 spiro atoms. The van der Waals surface area contributed by atoms with Crippen LogP contribution in [0.3, 0.4) is 0 Å². The number of carbonyl (C=O) groups is 1. The van der Waals surface area contributed by atoms with Crippen LogP contribution in [0.25, 0.3) is 22.8 Å². The number of ether oxygens (including phenoxy) is 1. The molecule has 2 aliphatic rings. The summed E-state index contributed by atoms with van der Waals surface area (Å²) in [5, 5.41) is 16.8. The lowest BCUT2D eigenvalue weighted by atomic mass is 9.77. The predicted octanol–water partition coefficient (Wildman–Crippen LogP) is 5.12. The molecule has 0 radical (unpaired) electrons. The fraction of sp³-hybridized carbons (Fsp3) is 0.250. The van der Waals surface area contributed by atoms with Crippen LogP contribution in [0.5, 0.6) is 5.88 Å². The Morgan fingerprint density at radius 2 is 2.00 bits per heavy atom. The second-order valence-corrected chi connectivity index (χ2v) is 8.24. The minimum atomic E-state index is -0.225. The number of aliphatic hydroxyl groups is 1. The Labute approximate surface area is 184 Å². The van der Waals surface area contributed by atoms with Crippen LogP contribution in [0.2, 0.25) is 5.02 Å². The van der Waals surface area contributed by atoms with Gasteiger partial charge >= 0.3 is 0 Å². The third kappa shape index (κ3) is 3.73. The number of amides is 1. The van der Waals surface area contributed by atoms with Crippen LogP contribution in [-0.4, -0.2) is 28.9 Å². The molecule has 0 saturated heterocycles. The van der Waals surface area contributed by atoms with Crippen LogP contribution < -0.4 is 10.1 Å². The van der Waals surface area contributed by atoms with E-state index in [1.807, 2.05) is 25.1 Å². The van der Waals surface area contributed by atoms with E-state index in [-0.39, 0.29) is 12.0 Å². The zero-order valence-electron chi connectivity index (χ0n) is 16.9. The molecule has 2 heterocycles. The van der Waals surface area contributed by atoms with Crippen molar-refractivity contribution in [1.29, 1.82) is 0 Å². The fourth-order valence-electron chi connectivity index (χ4n) is 4.07. The number of hydrogen-bond acceptors (Lipinski definition) is 5. The van der Waals surface area contributed by atoms with Crippen molar-refractivity contribution in [3.05, 3.63) is 64.4 Å². The molecule has 6 nitrogen and oxygen atoms in total. The number of hydrogen-bond donors (Lipinski definition) is 2. The van der Waals surface area contributed by atoms with E-state index in [0.29, 0.717) is 40.4 Å². The van der Waals surface area contributed by atoms with Gasteiger partial charge < -0.3 is 19.7 Å². The average molecular weight is 437 g/mol. The number of aliphatic hydroxyl groups excluding tert-OH is 1. The van der Waals surface area contributed by atoms with Gasteiger partial charge in [0.2, 0.25) is 0 Å². The SMILES string of the molecule is CCOc1cc(/C=C2\C(=O)Nc3cc(Cl)c(-c4ccc(C5CC(O)C5)cc4)cc32)on1. The first kappa shape index (κ1) is 19.8. The molecule has 1 aliphatic heterocycles. The highest BCUT2D eigenvalue weighted by Gasteiger charge is 2.29. The van der Waals surface area contributed by atoms with E-state index in [1.165, 1.54) is 5.56 Å². The van der Waals surface area contributed by atoms with Crippen molar-refractivity contribution < 1.29 is 19.2 Å². The van der Waals surface area contributed by atoms with Gasteiger partial charge in [-0.3, -0.25) is 4.79 Å². The van der Waals surface area contributed by atoms with E-state index >= 15 is 0 Å². The maximum Gasteiger partial charge on any atom is 0.256 e. The molecule has 7 heteroatoms. The van der Waals surface area contributed by atoms with Crippen LogP contribution >= 0.6 is 11.6 Å². The molecule has 3 aromatic rings. The Hall–Kier alpha value is -3.09. The lowest BCUT2D eigenvalue weighted by Crippen LogP contribution is -2.26. The first-order valence-electron chi connectivity index (χ1n) is 10.3. The summed E-state index contributed by atoms with van der Waals surface area (Å²) in [5.74, 6) is 1.00. The maximum absolute atomic E-state index is 12.6. The van der Waals surface area contributed by atoms with Gasteiger partial charge in [0.1, 0.15) is 0 Å². The number of nitrogens with one attached hydrogen (secondary N) is 1. The smallest absolute Gasteiger partial charge is 0.256 e. The number of benzene rings is 2. The van der Waals surface area contributed by atoms with Crippen LogP contribution in [0.1, 0.15) is 42.6 Å². The van der Waals surface area contributed by atoms with E-state index in [0.717, 1.165) is 29.5 Å². The van der Waals surface area contributed by atoms with Crippen molar-refractivity contribution in [2.75, 3.05) is 11.9 Å². The molecule has 1 fully saturated rings. The normalized spacial score (nSPS) is 21.0. The van der Waals surface area contributed by atoms with Crippen molar-refractivity contribution in [2.45, 2.75) is 31.8 Å². The van der Waals surface area contributed by atoms with Gasteiger partial charge in [-0.25, -0.2) is 0 Å². The fourth-order valence-corrected chi connectivity index (χ4v) is 4.34. The molecule has 1 aromatic heterocycles. The molecule has 2 N–H and O–H groups in total. The number of halogens is 1. The van der Waals surface area contributed by atoms with Crippen molar-refractivity contribution >= 4 is 34.8 Å². The van der Waals surface area contributed by atoms with Gasteiger partial charge in [-0.05, 0) is 60.2 Å². The second kappa shape index (κ2) is 7.87. The number of nitrogens with zero attached hydrogens (tertiary/aromatic N) is 1. The van der Waals surface area contributed by atoms with Crippen molar-refractivity contribution in [3.63, 3.8) is 0 Å². The lowest BCUT2D eigenvalue weighted by Gasteiger charge is -2.31. The molecule has 2 aromatic carbocycles. The van der Waals surface area contributed by atoms with Crippen LogP contribution in [0.4, 0.5) is 5.69 Å². The minimum Gasteiger partial charge on any atom is -0.476 e. The van der Waals surface area contributed by atoms with Crippen LogP contribution in [0.15, 0.2) is 47.0 Å². The predicted molar refractivity (Wildman–Crippen MR) is 119 cm³/mol. The van der Waals surface area contributed by atoms with Gasteiger partial charge in [-0.2, -0.15) is 0 Å². The van der Waals surface area contributed by atoms with Gasteiger partial charge in [-0.15, -0.1) is 0 Å². The summed E-state index contributed by atoms with van der Waals surface area (Å²) >= 11 is 6.55. The zero-order chi connectivity index (χ0) is 21.5. The third-order valence-electron chi connectivity index (χ3n) is 5.78. The summed E-state index contributed by atoms with van der Waals surface area (Å²) in [6.07, 6.45) is 3.10. The molecule has 1 saturated carbocycles. The summed E-state index contributed by atoms with van der Waals surface area (Å²) in [5.41, 5.74) is 4.93. The summed E-state index contributed by atoms with van der Waals surface area (Å²) < 4.78 is 10.6. The van der Waals surface area contributed by atoms with Crippen molar-refractivity contribution in [3.8, 4) is 17.0 Å². The van der Waals surface area contributed by atoms with Gasteiger partial charge in [0, 0.05) is 17.2 Å². The maximum atomic E-state index is 12.6. The molecule has 1 aliphatic carbocycles. The summed E-state index contributed by atoms with van der Waals surface area (Å²) in [4.78, 5) is 12.6. The Morgan fingerprint density at radius 1 is 1.23 bits per heavy atom. The Bertz CT molecular complexity index is 1180. The van der Waals surface area contributed by atoms with Crippen molar-refractivity contribution in [1.82, 2.24) is 5.16 Å². The quantitative estimate of drug-likeness (QED) is 0.542. The molecule has 1 amide bonds. The number of anilines is 1. The standard InChI is InChI=1S/C24H21ClN2O4/c1-2-30-23-10-17(31-27-23)9-20-19-11-18(21(25)12-22(19)26-24(20)29)14-5-3-13(4-6-14)15-7-16(28)8-15/h3-6,9-12,15-16,28H,2,7-8H2,1H3,(H,26,29)/b20-9-. The Morgan fingerprint density at radius 3 is 2.71 bits per heavy atom. The second-order valence-electron chi connectivity index (χ2n) is 7.83. The largest absolute Gasteiger partial charge is 0.476 e. The number of fused-ring (bicyclic) bond motifs is 1. The first-order valence-corrected chi connectivity index (χ1v) is 10.6. The third-order valence-corrected chi connectivity index (χ3v) is 6.09. The van der Waals surface area contributed by atoms with Crippen molar-refractivity contribution in [2.24, 2.45) is 0 Å². The number of aromatic nitrogens is 1. The van der Waals surface area contributed by atoms with Crippen LogP contribution in [-0.2, 0) is 4.79 Å². The van der Waals surface area contributed by atoms with E-state index in [2.05, 4.69) is 22.6 Å². The van der Waals surface area contributed by atoms with E-state index in [4.69, 9.17) is 20.9 Å². The Kier molecular flexibility index (Phi) is 5.04. The highest BCUT2D eigenvalue weighted by atomic mass is 35.5. The molecule has 0 bridgehead atoms. The molecule has 5 rings (SSSR count). The lowest BCUT2D eigenvalue weighted by molar-refractivity contribution is -0.110. The highest BCUT2D eigenvalue weighted by Crippen LogP contribution is 2.42. The molecular weight excluding hydrogens is 416 g/mol. The summed E-state index contributed by atoms with van der Waals surface area (Å²) in [6.45, 7) is 2.34. The Balaban J connectivity index is 1.48. The van der Waals surface area contributed by atoms with E-state index in [9.17, 15) is 9.90 Å². The summed E-state index contributed by atoms with van der Waals surface area (Å²) in [7, 11) is 0. The minimum absolute atomic E-state index is 0.181. The highest BCUT2D eigenvalue weighted by molar-refractivity contribution is 6.38. The first-order chi connectivity index (χ1) is 15.0. The number of rotatable bonds is 5. The van der Waals surface area contributed by atoms with Crippen LogP contribution in [0, 0.1) is 0 Å². The summed E-state index contributed by atoms with van der Waals surface area (Å²) in [6, 6.07) is 13.6. The zero-order valence-corrected chi connectivity index (χ0v) is 17.6. The molecular formula is C24H21ClN2O4. The topological polar surface area (TPSA) is 84.6 Å². The molecule has 0 unspecified atom stereocenters. The molecule has 31 heavy (non-hydrogen) atoms. The molecule has 158 valence electrons. The van der Waals surface area contributed by atoms with Gasteiger partial charge in [0.25, 0.3) is 11.8 Å². The average Bonchev–Trinajstić information content (AvgIpc) is 3.29. The van der Waals surface area contributed by atoms with Gasteiger partial charge in [0.05, 0.1) is 29.0 Å². The van der Waals surface area contributed by atoms with Gasteiger partial charge in [-0.1, -0.05) is 35.9 Å². The van der Waals surface area contributed by atoms with E-state index < -0.39 is 0 Å². The monoisotopic (exact) mass is 436 g/mol. The van der Waals surface area contributed by atoms with Gasteiger partial charge in [0.15, 0.2) is 5.76 Å². The van der Waals surface area contributed by atoms with E-state index in [1.54, 1.807) is 18.2 Å².